The molecule has 0 aliphatic carbocycles. The molecule has 4 aromatic rings. The molecule has 0 spiro atoms. The van der Waals surface area contributed by atoms with Gasteiger partial charge in [0.1, 0.15) is 44.0 Å². The Balaban J connectivity index is 1.87. The number of phenols is 1. The summed E-state index contributed by atoms with van der Waals surface area (Å²) in [5.74, 6) is -5.07. The van der Waals surface area contributed by atoms with Crippen LogP contribution in [0.1, 0.15) is 10.4 Å². The molecule has 0 aliphatic heterocycles. The fraction of sp³-hybridized carbons (Fsp3) is 0.207. The minimum Gasteiger partial charge on any atom is -0.505 e. The molecule has 4 rings (SSSR count). The fourth-order valence-electron chi connectivity index (χ4n) is 5.06. The molecule has 0 unspecified atom stereocenters. The molecule has 344 valence electrons. The van der Waals surface area contributed by atoms with Crippen molar-refractivity contribution in [3.8, 4) is 17.2 Å². The van der Waals surface area contributed by atoms with E-state index in [9.17, 15) is 53.2 Å². The highest BCUT2D eigenvalue weighted by Crippen LogP contribution is 2.50. The van der Waals surface area contributed by atoms with Crippen LogP contribution in [0.4, 0.5) is 28.4 Å². The molecule has 28 nitrogen and oxygen atoms in total. The summed E-state index contributed by atoms with van der Waals surface area (Å²) in [7, 11) is -16.7. The zero-order valence-corrected chi connectivity index (χ0v) is 36.2. The number of aromatic hydroxyl groups is 1. The van der Waals surface area contributed by atoms with Crippen molar-refractivity contribution in [2.24, 2.45) is 20.5 Å². The molecule has 0 radical (unpaired) electrons. The Hall–Kier alpha value is -4.89. The van der Waals surface area contributed by atoms with Gasteiger partial charge in [-0.15, -0.1) is 29.1 Å². The number of nitrogens with two attached hydrogens (primary N) is 1. The Morgan fingerprint density at radius 3 is 1.98 bits per heavy atom. The number of azo groups is 2. The van der Waals surface area contributed by atoms with E-state index < -0.39 is 135 Å². The van der Waals surface area contributed by atoms with E-state index in [1.54, 1.807) is 0 Å². The number of aromatic carboxylic acids is 1. The molecule has 0 heterocycles. The van der Waals surface area contributed by atoms with E-state index in [0.29, 0.717) is 6.07 Å². The molecule has 0 fully saturated rings. The number of carboxylic acids is 1. The summed E-state index contributed by atoms with van der Waals surface area (Å²) in [5, 5.41) is 59.7. The average Bonchev–Trinajstić information content (AvgIpc) is 3.20. The molecule has 0 saturated carbocycles. The van der Waals surface area contributed by atoms with Crippen LogP contribution in [0.25, 0.3) is 10.8 Å². The summed E-state index contributed by atoms with van der Waals surface area (Å²) in [6, 6.07) is 6.16. The number of phenolic OH excluding ortho intramolecular Hbond substituents is 1. The summed E-state index contributed by atoms with van der Waals surface area (Å²) in [6.07, 6.45) is 0. The van der Waals surface area contributed by atoms with E-state index in [0.717, 1.165) is 50.6 Å². The van der Waals surface area contributed by atoms with E-state index in [2.05, 4.69) is 43.4 Å². The van der Waals surface area contributed by atoms with Gasteiger partial charge in [-0.3, -0.25) is 13.3 Å². The Kier molecular flexibility index (Phi) is 17.1. The van der Waals surface area contributed by atoms with Crippen LogP contribution in [0.5, 0.6) is 17.2 Å². The number of rotatable bonds is 23. The van der Waals surface area contributed by atoms with Crippen LogP contribution in [-0.4, -0.2) is 108 Å². The second-order valence-corrected chi connectivity index (χ2v) is 19.4. The van der Waals surface area contributed by atoms with Gasteiger partial charge in [-0.05, 0) is 30.3 Å². The number of anilines is 1. The van der Waals surface area contributed by atoms with E-state index in [1.165, 1.54) is 0 Å². The minimum atomic E-state index is -5.25. The first-order chi connectivity index (χ1) is 29.5. The van der Waals surface area contributed by atoms with Crippen LogP contribution < -0.4 is 15.2 Å². The van der Waals surface area contributed by atoms with E-state index in [4.69, 9.17) is 34.5 Å². The van der Waals surface area contributed by atoms with Crippen molar-refractivity contribution in [3.63, 3.8) is 0 Å². The van der Waals surface area contributed by atoms with Crippen LogP contribution in [0.3, 0.4) is 0 Å². The maximum Gasteiger partial charge on any atom is 0.397 e. The van der Waals surface area contributed by atoms with Gasteiger partial charge in [0.25, 0.3) is 10.1 Å². The molecule has 4 aromatic carbocycles. The van der Waals surface area contributed by atoms with Gasteiger partial charge in [-0.1, -0.05) is 10.1 Å². The lowest BCUT2D eigenvalue weighted by atomic mass is 10.0. The van der Waals surface area contributed by atoms with E-state index >= 15 is 0 Å². The van der Waals surface area contributed by atoms with Gasteiger partial charge in [0, 0.05) is 17.5 Å². The maximum atomic E-state index is 13.0. The first-order valence-electron chi connectivity index (χ1n) is 16.0. The zero-order chi connectivity index (χ0) is 46.9. The molecular formula is C29H29N5O23S6. The van der Waals surface area contributed by atoms with Gasteiger partial charge in [0.15, 0.2) is 37.7 Å². The lowest BCUT2D eigenvalue weighted by Gasteiger charge is -2.15. The number of carboxylic acid groups (broad SMARTS) is 1. The number of hydrogen-bond acceptors (Lipinski definition) is 27. The van der Waals surface area contributed by atoms with Crippen molar-refractivity contribution in [2.75, 3.05) is 44.7 Å². The third kappa shape index (κ3) is 12.9. The molecule has 0 atom stereocenters. The zero-order valence-electron chi connectivity index (χ0n) is 31.3. The van der Waals surface area contributed by atoms with E-state index in [-0.39, 0.29) is 41.6 Å². The highest BCUT2D eigenvalue weighted by molar-refractivity contribution is 7.94. The van der Waals surface area contributed by atoms with Crippen LogP contribution >= 0.6 is 24.4 Å². The molecule has 0 bridgehead atoms. The molecular weight excluding hydrogens is 979 g/mol. The highest BCUT2D eigenvalue weighted by atomic mass is 32.3. The smallest absolute Gasteiger partial charge is 0.397 e. The summed E-state index contributed by atoms with van der Waals surface area (Å²) in [5.41, 5.74) is 3.02. The van der Waals surface area contributed by atoms with Crippen molar-refractivity contribution in [3.05, 3.63) is 48.0 Å². The number of benzene rings is 4. The lowest BCUT2D eigenvalue weighted by molar-refractivity contribution is -0.434. The number of carbonyl (C=O) groups is 1. The largest absolute Gasteiger partial charge is 0.505 e. The summed E-state index contributed by atoms with van der Waals surface area (Å²) in [4.78, 5) is 9.76. The lowest BCUT2D eigenvalue weighted by Crippen LogP contribution is -2.16. The summed E-state index contributed by atoms with van der Waals surface area (Å²) >= 11 is 0.199. The second-order valence-electron chi connectivity index (χ2n) is 11.5. The summed E-state index contributed by atoms with van der Waals surface area (Å²) < 4.78 is 145. The van der Waals surface area contributed by atoms with Gasteiger partial charge in [0.2, 0.25) is 0 Å². The van der Waals surface area contributed by atoms with Crippen molar-refractivity contribution in [1.82, 2.24) is 0 Å². The molecule has 8 N–H and O–H groups in total. The Morgan fingerprint density at radius 2 is 1.38 bits per heavy atom. The van der Waals surface area contributed by atoms with Gasteiger partial charge < -0.3 is 25.4 Å². The van der Waals surface area contributed by atoms with Crippen LogP contribution in [0.2, 0.25) is 0 Å². The topological polar surface area (TPSA) is 424 Å². The molecule has 34 heteroatoms. The first-order valence-corrected chi connectivity index (χ1v) is 23.6. The van der Waals surface area contributed by atoms with Gasteiger partial charge >= 0.3 is 16.4 Å². The van der Waals surface area contributed by atoms with Gasteiger partial charge in [0.05, 0.1) is 77.4 Å². The Labute approximate surface area is 363 Å². The maximum absolute atomic E-state index is 13.0. The number of methoxy groups -OCH3 is 2. The van der Waals surface area contributed by atoms with Crippen molar-refractivity contribution >= 4 is 110 Å². The van der Waals surface area contributed by atoms with Crippen LogP contribution in [0, 0.1) is 0 Å². The minimum absolute atomic E-state index is 0.0941. The number of ether oxygens (including phenoxy) is 2. The quantitative estimate of drug-likeness (QED) is 0.0100. The molecule has 0 saturated heterocycles. The molecule has 0 aliphatic rings. The normalized spacial score (nSPS) is 12.7. The fourth-order valence-corrected chi connectivity index (χ4v) is 9.33. The van der Waals surface area contributed by atoms with Crippen molar-refractivity contribution in [2.45, 2.75) is 19.6 Å². The third-order valence-corrected chi connectivity index (χ3v) is 13.5. The molecule has 0 aromatic heterocycles. The standard InChI is InChI=1S/C29H29N5O23S6/c1-50-20-13-24(61(42,43)8-6-53-63(47,48)49)21(51-2)11-18(20)32-33-19-12-23(62(44,45)46)16-10-22(58-56-54-38)27(28(35)25(16)26(19)30)34-31-17-4-3-14(9-15(17)29(36)37)60(40,41)7-5-52-59-57-55-39/h3-4,9-13,35,38-39H,5-8,30H2,1-2H3,(H,36,37)(H,44,45,46)(H,47,48,49). The van der Waals surface area contributed by atoms with Crippen LogP contribution in [-0.2, 0) is 67.3 Å². The van der Waals surface area contributed by atoms with E-state index in [1.807, 2.05) is 0 Å². The average molecular weight is 1010 g/mol. The highest BCUT2D eigenvalue weighted by Gasteiger charge is 2.28. The van der Waals surface area contributed by atoms with Crippen LogP contribution in [0.15, 0.2) is 82.5 Å². The first kappa shape index (κ1) is 50.8. The number of fused-ring (bicyclic) bond motifs is 1. The SMILES string of the molecule is COc1cc(S(=O)(=O)CCOS(=O)(=O)O)c(OC)cc1N=Nc1cc(S(=O)(=O)O)c2cc(SOOO)c(N=Nc3ccc(S(=O)(=O)CCOSOOO)cc3C(=O)O)c(O)c2c1N. The van der Waals surface area contributed by atoms with Crippen molar-refractivity contribution < 1.29 is 105 Å². The van der Waals surface area contributed by atoms with Gasteiger partial charge in [-0.25, -0.2) is 36.3 Å². The number of hydrogen-bond donors (Lipinski definition) is 7. The second kappa shape index (κ2) is 21.2. The third-order valence-electron chi connectivity index (χ3n) is 7.76. The number of sulfone groups is 2. The van der Waals surface area contributed by atoms with Gasteiger partial charge in [-0.2, -0.15) is 16.8 Å². The predicted octanol–water partition coefficient (Wildman–Crippen LogP) is 4.72. The Bertz CT molecular complexity index is 2900. The number of nitrogens with zero attached hydrogens (tertiary/aromatic N) is 4. The number of nitrogen functional groups attached to an aromatic ring is 1. The predicted molar refractivity (Wildman–Crippen MR) is 212 cm³/mol. The monoisotopic (exact) mass is 1010 g/mol. The Morgan fingerprint density at radius 1 is 0.746 bits per heavy atom. The molecule has 63 heavy (non-hydrogen) atoms. The molecule has 0 amide bonds. The summed E-state index contributed by atoms with van der Waals surface area (Å²) in [6.45, 7) is -1.48. The van der Waals surface area contributed by atoms with Crippen molar-refractivity contribution in [1.29, 1.82) is 0 Å².